The van der Waals surface area contributed by atoms with E-state index in [0.717, 1.165) is 22.3 Å². The van der Waals surface area contributed by atoms with Crippen LogP contribution in [0.25, 0.3) is 11.1 Å². The lowest BCUT2D eigenvalue weighted by molar-refractivity contribution is -0.149. The van der Waals surface area contributed by atoms with Crippen molar-refractivity contribution in [2.75, 3.05) is 19.7 Å². The van der Waals surface area contributed by atoms with Crippen LogP contribution >= 0.6 is 0 Å². The molecule has 1 saturated heterocycles. The van der Waals surface area contributed by atoms with Crippen LogP contribution in [0.1, 0.15) is 51.2 Å². The van der Waals surface area contributed by atoms with Crippen LogP contribution < -0.4 is 5.32 Å². The Kier molecular flexibility index (Phi) is 6.88. The largest absolute Gasteiger partial charge is 0.481 e. The van der Waals surface area contributed by atoms with Gasteiger partial charge in [0.2, 0.25) is 5.91 Å². The average molecular weight is 479 g/mol. The van der Waals surface area contributed by atoms with E-state index in [2.05, 4.69) is 29.6 Å². The van der Waals surface area contributed by atoms with Gasteiger partial charge in [0.15, 0.2) is 0 Å². The van der Waals surface area contributed by atoms with Gasteiger partial charge in [-0.15, -0.1) is 0 Å². The molecule has 7 heteroatoms. The van der Waals surface area contributed by atoms with Crippen LogP contribution in [-0.2, 0) is 14.3 Å². The molecule has 1 aliphatic carbocycles. The first-order chi connectivity index (χ1) is 16.6. The summed E-state index contributed by atoms with van der Waals surface area (Å²) < 4.78 is 5.65. The molecule has 1 fully saturated rings. The minimum Gasteiger partial charge on any atom is -0.481 e. The Morgan fingerprint density at radius 2 is 1.66 bits per heavy atom. The van der Waals surface area contributed by atoms with Crippen molar-refractivity contribution in [3.8, 4) is 11.1 Å². The van der Waals surface area contributed by atoms with Crippen molar-refractivity contribution in [3.05, 3.63) is 59.7 Å². The number of rotatable bonds is 7. The lowest BCUT2D eigenvalue weighted by atomic mass is 9.81. The Hall–Kier alpha value is -3.35. The summed E-state index contributed by atoms with van der Waals surface area (Å²) in [5.41, 5.74) is 3.54. The minimum atomic E-state index is -0.998. The van der Waals surface area contributed by atoms with Crippen LogP contribution in [-0.4, -0.2) is 53.7 Å². The van der Waals surface area contributed by atoms with E-state index in [-0.39, 0.29) is 36.8 Å². The van der Waals surface area contributed by atoms with Gasteiger partial charge >= 0.3 is 12.1 Å². The molecule has 186 valence electrons. The Balaban J connectivity index is 1.44. The highest BCUT2D eigenvalue weighted by molar-refractivity contribution is 5.87. The zero-order valence-electron chi connectivity index (χ0n) is 20.8. The molecule has 0 aromatic heterocycles. The molecule has 0 bridgehead atoms. The lowest BCUT2D eigenvalue weighted by Gasteiger charge is -2.26. The molecule has 0 spiro atoms. The highest BCUT2D eigenvalue weighted by Gasteiger charge is 2.48. The number of benzene rings is 2. The number of ether oxygens (including phenoxy) is 1. The molecule has 4 rings (SSSR count). The van der Waals surface area contributed by atoms with Gasteiger partial charge in [0.25, 0.3) is 0 Å². The Labute approximate surface area is 206 Å². The summed E-state index contributed by atoms with van der Waals surface area (Å²) in [4.78, 5) is 39.5. The van der Waals surface area contributed by atoms with Crippen molar-refractivity contribution in [3.63, 3.8) is 0 Å². The second kappa shape index (κ2) is 9.72. The van der Waals surface area contributed by atoms with E-state index in [4.69, 9.17) is 4.74 Å². The van der Waals surface area contributed by atoms with Gasteiger partial charge in [-0.2, -0.15) is 0 Å². The van der Waals surface area contributed by atoms with Crippen LogP contribution in [0.3, 0.4) is 0 Å². The topological polar surface area (TPSA) is 95.9 Å². The van der Waals surface area contributed by atoms with Gasteiger partial charge in [0.1, 0.15) is 12.6 Å². The maximum absolute atomic E-state index is 13.3. The third-order valence-electron chi connectivity index (χ3n) is 7.54. The molecule has 1 unspecified atom stereocenters. The monoisotopic (exact) mass is 478 g/mol. The fraction of sp³-hybridized carbons (Fsp3) is 0.464. The summed E-state index contributed by atoms with van der Waals surface area (Å²) in [5, 5.41) is 12.4. The van der Waals surface area contributed by atoms with Gasteiger partial charge in [-0.1, -0.05) is 69.3 Å². The van der Waals surface area contributed by atoms with Gasteiger partial charge in [-0.05, 0) is 47.4 Å². The molecule has 35 heavy (non-hydrogen) atoms. The first-order valence-corrected chi connectivity index (χ1v) is 12.3. The molecule has 7 nitrogen and oxygen atoms in total. The number of carboxylic acid groups (broad SMARTS) is 1. The van der Waals surface area contributed by atoms with Crippen LogP contribution in [0.4, 0.5) is 4.79 Å². The summed E-state index contributed by atoms with van der Waals surface area (Å²) in [5.74, 6) is -1.26. The number of carbonyl (C=O) groups is 3. The minimum absolute atomic E-state index is 0.0666. The molecular weight excluding hydrogens is 444 g/mol. The van der Waals surface area contributed by atoms with E-state index >= 15 is 0 Å². The summed E-state index contributed by atoms with van der Waals surface area (Å²) in [6, 6.07) is 15.5. The predicted molar refractivity (Wildman–Crippen MR) is 133 cm³/mol. The van der Waals surface area contributed by atoms with Crippen LogP contribution in [0.5, 0.6) is 0 Å². The second-order valence-corrected chi connectivity index (χ2v) is 10.5. The number of nitrogens with one attached hydrogen (secondary N) is 1. The van der Waals surface area contributed by atoms with Crippen LogP contribution in [0, 0.1) is 17.3 Å². The van der Waals surface area contributed by atoms with Crippen LogP contribution in [0.15, 0.2) is 48.5 Å². The summed E-state index contributed by atoms with van der Waals surface area (Å²) in [6.45, 7) is 8.12. The van der Waals surface area contributed by atoms with Crippen molar-refractivity contribution < 1.29 is 24.2 Å². The molecule has 0 radical (unpaired) electrons. The fourth-order valence-electron chi connectivity index (χ4n) is 5.29. The predicted octanol–water partition coefficient (Wildman–Crippen LogP) is 4.51. The summed E-state index contributed by atoms with van der Waals surface area (Å²) >= 11 is 0. The van der Waals surface area contributed by atoms with Crippen LogP contribution in [0.2, 0.25) is 0 Å². The zero-order valence-corrected chi connectivity index (χ0v) is 20.8. The Morgan fingerprint density at radius 1 is 1.09 bits per heavy atom. The van der Waals surface area contributed by atoms with E-state index in [0.29, 0.717) is 13.0 Å². The van der Waals surface area contributed by atoms with E-state index in [1.807, 2.05) is 45.0 Å². The van der Waals surface area contributed by atoms with E-state index in [1.54, 1.807) is 11.8 Å². The second-order valence-electron chi connectivity index (χ2n) is 10.5. The highest BCUT2D eigenvalue weighted by atomic mass is 16.5. The number of fused-ring (bicyclic) bond motifs is 3. The first kappa shape index (κ1) is 24.8. The van der Waals surface area contributed by atoms with E-state index in [1.165, 1.54) is 0 Å². The fourth-order valence-corrected chi connectivity index (χ4v) is 5.29. The molecule has 2 N–H and O–H groups in total. The quantitative estimate of drug-likeness (QED) is 0.611. The van der Waals surface area contributed by atoms with Gasteiger partial charge in [0, 0.05) is 19.0 Å². The highest BCUT2D eigenvalue weighted by Crippen LogP contribution is 2.44. The molecular formula is C28H34N2O5. The number of amides is 2. The van der Waals surface area contributed by atoms with Crippen molar-refractivity contribution in [2.24, 2.45) is 17.3 Å². The summed E-state index contributed by atoms with van der Waals surface area (Å²) in [6.07, 6.45) is -0.198. The molecule has 2 aromatic rings. The maximum atomic E-state index is 13.3. The number of likely N-dealkylation sites (tertiary alicyclic amines) is 1. The van der Waals surface area contributed by atoms with Gasteiger partial charge in [-0.3, -0.25) is 9.59 Å². The van der Waals surface area contributed by atoms with Crippen molar-refractivity contribution in [1.82, 2.24) is 10.2 Å². The van der Waals surface area contributed by atoms with E-state index in [9.17, 15) is 19.5 Å². The SMILES string of the molecule is CC(C)CC(NC(=O)OCC1c2ccccc2-c2ccccc21)C(=O)N1C[C@@H](C)[C@](C)(C(=O)O)C1. The molecule has 2 aromatic carbocycles. The number of nitrogens with zero attached hydrogens (tertiary/aromatic N) is 1. The van der Waals surface area contributed by atoms with E-state index < -0.39 is 23.5 Å². The first-order valence-electron chi connectivity index (χ1n) is 12.3. The van der Waals surface area contributed by atoms with Gasteiger partial charge in [-0.25, -0.2) is 4.79 Å². The average Bonchev–Trinajstić information content (AvgIpc) is 3.31. The van der Waals surface area contributed by atoms with Crippen molar-refractivity contribution in [2.45, 2.75) is 46.1 Å². The standard InChI is InChI=1S/C28H34N2O5/c1-17(2)13-24(25(31)30-14-18(3)28(4,16-30)26(32)33)29-27(34)35-15-23-21-11-7-5-9-19(21)20-10-6-8-12-22(20)23/h5-12,17-18,23-24H,13-16H2,1-4H3,(H,29,34)(H,32,33)/t18-,24?,28-/m1/s1. The third-order valence-corrected chi connectivity index (χ3v) is 7.54. The number of aliphatic carboxylic acids is 1. The number of hydrogen-bond acceptors (Lipinski definition) is 4. The lowest BCUT2D eigenvalue weighted by Crippen LogP contribution is -2.49. The zero-order chi connectivity index (χ0) is 25.3. The Morgan fingerprint density at radius 3 is 2.17 bits per heavy atom. The smallest absolute Gasteiger partial charge is 0.407 e. The van der Waals surface area contributed by atoms with Crippen molar-refractivity contribution in [1.29, 1.82) is 0 Å². The maximum Gasteiger partial charge on any atom is 0.407 e. The Bertz CT molecular complexity index is 1080. The molecule has 2 aliphatic rings. The molecule has 1 heterocycles. The number of alkyl carbamates (subject to hydrolysis) is 1. The molecule has 2 amide bonds. The third kappa shape index (κ3) is 4.77. The molecule has 3 atom stereocenters. The number of hydrogen-bond donors (Lipinski definition) is 2. The van der Waals surface area contributed by atoms with Gasteiger partial charge < -0.3 is 20.1 Å². The molecule has 1 aliphatic heterocycles. The van der Waals surface area contributed by atoms with Crippen molar-refractivity contribution >= 4 is 18.0 Å². The summed E-state index contributed by atoms with van der Waals surface area (Å²) in [7, 11) is 0. The van der Waals surface area contributed by atoms with Gasteiger partial charge in [0.05, 0.1) is 5.41 Å². The number of carboxylic acids is 1. The number of carbonyl (C=O) groups excluding carboxylic acids is 2. The normalized spacial score (nSPS) is 22.0. The molecule has 0 saturated carbocycles.